The number of nitrogens with one attached hydrogen (secondary N) is 1. The standard InChI is InChI=1S/C9H11N3S/c1-6(10)9-11-4-8(12-9)7-2-3-13-5-7/h2-6H,10H2,1H3,(H,11,12). The predicted molar refractivity (Wildman–Crippen MR) is 54.5 cm³/mol. The molecule has 0 bridgehead atoms. The molecule has 2 rings (SSSR count). The van der Waals surface area contributed by atoms with E-state index in [1.807, 2.05) is 18.5 Å². The first-order valence-electron chi connectivity index (χ1n) is 4.10. The minimum atomic E-state index is -0.0348. The number of hydrogen-bond acceptors (Lipinski definition) is 3. The topological polar surface area (TPSA) is 54.7 Å². The molecule has 0 aliphatic carbocycles. The maximum atomic E-state index is 5.69. The minimum absolute atomic E-state index is 0.0348. The number of H-pyrrole nitrogens is 1. The molecule has 1 unspecified atom stereocenters. The van der Waals surface area contributed by atoms with Crippen molar-refractivity contribution in [3.05, 3.63) is 28.8 Å². The number of nitrogens with two attached hydrogens (primary N) is 1. The van der Waals surface area contributed by atoms with E-state index in [-0.39, 0.29) is 6.04 Å². The normalized spacial score (nSPS) is 13.1. The van der Waals surface area contributed by atoms with Gasteiger partial charge in [-0.3, -0.25) is 0 Å². The number of hydrogen-bond donors (Lipinski definition) is 2. The number of aromatic amines is 1. The van der Waals surface area contributed by atoms with E-state index in [1.54, 1.807) is 11.3 Å². The molecule has 68 valence electrons. The van der Waals surface area contributed by atoms with Gasteiger partial charge in [0.05, 0.1) is 17.9 Å². The van der Waals surface area contributed by atoms with Gasteiger partial charge in [-0.2, -0.15) is 11.3 Å². The van der Waals surface area contributed by atoms with Gasteiger partial charge in [0.15, 0.2) is 0 Å². The van der Waals surface area contributed by atoms with E-state index in [1.165, 1.54) is 5.56 Å². The summed E-state index contributed by atoms with van der Waals surface area (Å²) in [6.45, 7) is 1.91. The van der Waals surface area contributed by atoms with Crippen molar-refractivity contribution in [2.24, 2.45) is 5.73 Å². The second-order valence-corrected chi connectivity index (χ2v) is 3.76. The zero-order valence-corrected chi connectivity index (χ0v) is 8.14. The first-order valence-corrected chi connectivity index (χ1v) is 5.04. The number of rotatable bonds is 2. The van der Waals surface area contributed by atoms with Gasteiger partial charge in [-0.1, -0.05) is 0 Å². The molecule has 0 spiro atoms. The lowest BCUT2D eigenvalue weighted by molar-refractivity contribution is 0.756. The fourth-order valence-corrected chi connectivity index (χ4v) is 1.79. The van der Waals surface area contributed by atoms with Crippen LogP contribution in [0.5, 0.6) is 0 Å². The Morgan fingerprint density at radius 3 is 3.00 bits per heavy atom. The van der Waals surface area contributed by atoms with Crippen molar-refractivity contribution in [3.8, 4) is 11.3 Å². The van der Waals surface area contributed by atoms with Gasteiger partial charge in [-0.05, 0) is 18.4 Å². The summed E-state index contributed by atoms with van der Waals surface area (Å²) in [5.74, 6) is 0.834. The Morgan fingerprint density at radius 1 is 1.62 bits per heavy atom. The van der Waals surface area contributed by atoms with Crippen molar-refractivity contribution >= 4 is 11.3 Å². The highest BCUT2D eigenvalue weighted by atomic mass is 32.1. The van der Waals surface area contributed by atoms with Crippen LogP contribution in [0.15, 0.2) is 23.0 Å². The zero-order valence-electron chi connectivity index (χ0n) is 7.32. The van der Waals surface area contributed by atoms with Crippen LogP contribution in [0.3, 0.4) is 0 Å². The fraction of sp³-hybridized carbons (Fsp3) is 0.222. The summed E-state index contributed by atoms with van der Waals surface area (Å²) in [6.07, 6.45) is 1.82. The Hall–Kier alpha value is -1.13. The van der Waals surface area contributed by atoms with Crippen molar-refractivity contribution < 1.29 is 0 Å². The smallest absolute Gasteiger partial charge is 0.123 e. The highest BCUT2D eigenvalue weighted by molar-refractivity contribution is 7.08. The average Bonchev–Trinajstić information content (AvgIpc) is 2.75. The van der Waals surface area contributed by atoms with Crippen LogP contribution in [0.4, 0.5) is 0 Å². The third-order valence-corrected chi connectivity index (χ3v) is 2.54. The number of aromatic nitrogens is 2. The number of nitrogens with zero attached hydrogens (tertiary/aromatic N) is 1. The molecule has 0 radical (unpaired) electrons. The number of thiophene rings is 1. The molecular weight excluding hydrogens is 182 g/mol. The second kappa shape index (κ2) is 3.32. The molecule has 0 aliphatic rings. The first-order chi connectivity index (χ1) is 6.27. The lowest BCUT2D eigenvalue weighted by Crippen LogP contribution is -2.06. The van der Waals surface area contributed by atoms with Crippen molar-refractivity contribution in [1.29, 1.82) is 0 Å². The molecule has 0 fully saturated rings. The van der Waals surface area contributed by atoms with Crippen molar-refractivity contribution in [1.82, 2.24) is 9.97 Å². The Labute approximate surface area is 80.6 Å². The Bertz CT molecular complexity index is 375. The van der Waals surface area contributed by atoms with Gasteiger partial charge < -0.3 is 10.7 Å². The molecular formula is C9H11N3S. The van der Waals surface area contributed by atoms with Crippen molar-refractivity contribution in [3.63, 3.8) is 0 Å². The molecule has 0 saturated carbocycles. The van der Waals surface area contributed by atoms with E-state index in [2.05, 4.69) is 21.4 Å². The quantitative estimate of drug-likeness (QED) is 0.767. The third kappa shape index (κ3) is 1.64. The van der Waals surface area contributed by atoms with Crippen LogP contribution in [-0.4, -0.2) is 9.97 Å². The van der Waals surface area contributed by atoms with E-state index in [0.717, 1.165) is 11.5 Å². The summed E-state index contributed by atoms with van der Waals surface area (Å²) in [4.78, 5) is 7.38. The van der Waals surface area contributed by atoms with Crippen LogP contribution in [-0.2, 0) is 0 Å². The van der Waals surface area contributed by atoms with E-state index in [4.69, 9.17) is 5.73 Å². The molecule has 3 N–H and O–H groups in total. The summed E-state index contributed by atoms with van der Waals surface area (Å²) in [7, 11) is 0. The Morgan fingerprint density at radius 2 is 2.46 bits per heavy atom. The molecule has 1 atom stereocenters. The van der Waals surface area contributed by atoms with E-state index in [0.29, 0.717) is 0 Å². The van der Waals surface area contributed by atoms with Gasteiger partial charge in [-0.25, -0.2) is 4.98 Å². The Balaban J connectivity index is 2.33. The van der Waals surface area contributed by atoms with Crippen LogP contribution in [0, 0.1) is 0 Å². The largest absolute Gasteiger partial charge is 0.341 e. The maximum Gasteiger partial charge on any atom is 0.123 e. The van der Waals surface area contributed by atoms with Gasteiger partial charge >= 0.3 is 0 Å². The molecule has 0 amide bonds. The van der Waals surface area contributed by atoms with E-state index < -0.39 is 0 Å². The average molecular weight is 193 g/mol. The molecule has 0 aliphatic heterocycles. The highest BCUT2D eigenvalue weighted by Crippen LogP contribution is 2.20. The summed E-state index contributed by atoms with van der Waals surface area (Å²) >= 11 is 1.67. The second-order valence-electron chi connectivity index (χ2n) is 2.98. The highest BCUT2D eigenvalue weighted by Gasteiger charge is 2.05. The molecule has 2 aromatic rings. The van der Waals surface area contributed by atoms with E-state index >= 15 is 0 Å². The summed E-state index contributed by atoms with van der Waals surface area (Å²) in [6, 6.07) is 2.02. The van der Waals surface area contributed by atoms with Crippen LogP contribution in [0.25, 0.3) is 11.3 Å². The monoisotopic (exact) mass is 193 g/mol. The van der Waals surface area contributed by atoms with Crippen LogP contribution < -0.4 is 5.73 Å². The first kappa shape index (κ1) is 8.47. The third-order valence-electron chi connectivity index (χ3n) is 1.86. The van der Waals surface area contributed by atoms with Crippen LogP contribution in [0.1, 0.15) is 18.8 Å². The predicted octanol–water partition coefficient (Wildman–Crippen LogP) is 2.16. The van der Waals surface area contributed by atoms with Gasteiger partial charge in [0.1, 0.15) is 5.82 Å². The van der Waals surface area contributed by atoms with Crippen LogP contribution >= 0.6 is 11.3 Å². The Kier molecular flexibility index (Phi) is 2.16. The molecule has 3 nitrogen and oxygen atoms in total. The zero-order chi connectivity index (χ0) is 9.26. The van der Waals surface area contributed by atoms with Crippen LogP contribution in [0.2, 0.25) is 0 Å². The molecule has 0 aromatic carbocycles. The summed E-state index contributed by atoms with van der Waals surface area (Å²) in [5, 5.41) is 4.13. The fourth-order valence-electron chi connectivity index (χ4n) is 1.13. The van der Waals surface area contributed by atoms with Gasteiger partial charge in [-0.15, -0.1) is 0 Å². The molecule has 0 saturated heterocycles. The summed E-state index contributed by atoms with van der Waals surface area (Å²) in [5.41, 5.74) is 7.90. The maximum absolute atomic E-state index is 5.69. The molecule has 4 heteroatoms. The molecule has 13 heavy (non-hydrogen) atoms. The number of imidazole rings is 1. The molecule has 2 heterocycles. The lowest BCUT2D eigenvalue weighted by Gasteiger charge is -1.97. The minimum Gasteiger partial charge on any atom is -0.341 e. The van der Waals surface area contributed by atoms with Gasteiger partial charge in [0, 0.05) is 10.9 Å². The SMILES string of the molecule is CC(N)c1ncc(-c2ccsc2)[nH]1. The molecule has 2 aromatic heterocycles. The van der Waals surface area contributed by atoms with Gasteiger partial charge in [0.2, 0.25) is 0 Å². The van der Waals surface area contributed by atoms with E-state index in [9.17, 15) is 0 Å². The summed E-state index contributed by atoms with van der Waals surface area (Å²) < 4.78 is 0. The lowest BCUT2D eigenvalue weighted by atomic mass is 10.3. The van der Waals surface area contributed by atoms with Crippen molar-refractivity contribution in [2.75, 3.05) is 0 Å². The van der Waals surface area contributed by atoms with Gasteiger partial charge in [0.25, 0.3) is 0 Å². The van der Waals surface area contributed by atoms with Crippen molar-refractivity contribution in [2.45, 2.75) is 13.0 Å².